The van der Waals surface area contributed by atoms with Crippen LogP contribution in [0.25, 0.3) is 10.2 Å². The zero-order chi connectivity index (χ0) is 15.0. The molecule has 0 aliphatic heterocycles. The van der Waals surface area contributed by atoms with E-state index in [0.717, 1.165) is 10.2 Å². The second kappa shape index (κ2) is 5.31. The average Bonchev–Trinajstić information content (AvgIpc) is 2.94. The minimum atomic E-state index is -0.535. The number of benzene rings is 2. The molecule has 0 bridgehead atoms. The maximum atomic E-state index is 9.80. The number of hydrogen-bond acceptors (Lipinski definition) is 6. The third-order valence-corrected chi connectivity index (χ3v) is 4.23. The first-order valence-electron chi connectivity index (χ1n) is 6.06. The number of aromatic nitrogens is 1. The van der Waals surface area contributed by atoms with Crippen molar-refractivity contribution in [3.8, 4) is 17.2 Å². The number of hydrogen-bond donors (Lipinski definition) is 4. The monoisotopic (exact) mass is 322 g/mol. The Kier molecular flexibility index (Phi) is 3.48. The van der Waals surface area contributed by atoms with Gasteiger partial charge in [-0.1, -0.05) is 11.6 Å². The van der Waals surface area contributed by atoms with Crippen LogP contribution in [0.4, 0.5) is 5.69 Å². The van der Waals surface area contributed by atoms with Crippen molar-refractivity contribution in [2.75, 3.05) is 5.32 Å². The van der Waals surface area contributed by atoms with Crippen LogP contribution in [0.15, 0.2) is 29.8 Å². The van der Waals surface area contributed by atoms with E-state index >= 15 is 0 Å². The molecule has 108 valence electrons. The van der Waals surface area contributed by atoms with Crippen LogP contribution in [-0.4, -0.2) is 20.3 Å². The first kappa shape index (κ1) is 13.8. The number of anilines is 1. The topological polar surface area (TPSA) is 85.6 Å². The van der Waals surface area contributed by atoms with Gasteiger partial charge < -0.3 is 20.6 Å². The van der Waals surface area contributed by atoms with E-state index in [4.69, 9.17) is 11.6 Å². The van der Waals surface area contributed by atoms with Crippen molar-refractivity contribution in [2.24, 2.45) is 0 Å². The SMILES string of the molecule is Oc1ccc(CNc2c(Cl)ccc3scnc23)c(O)c1O. The predicted molar refractivity (Wildman–Crippen MR) is 83.4 cm³/mol. The Balaban J connectivity index is 1.92. The molecule has 0 fully saturated rings. The Morgan fingerprint density at radius 1 is 1.10 bits per heavy atom. The second-order valence-electron chi connectivity index (χ2n) is 4.42. The van der Waals surface area contributed by atoms with Crippen LogP contribution in [0, 0.1) is 0 Å². The predicted octanol–water partition coefficient (Wildman–Crippen LogP) is 3.68. The molecular formula is C14H11ClN2O3S. The summed E-state index contributed by atoms with van der Waals surface area (Å²) in [6, 6.07) is 6.51. The van der Waals surface area contributed by atoms with Crippen LogP contribution >= 0.6 is 22.9 Å². The largest absolute Gasteiger partial charge is 0.504 e. The highest BCUT2D eigenvalue weighted by molar-refractivity contribution is 7.16. The Morgan fingerprint density at radius 3 is 2.71 bits per heavy atom. The van der Waals surface area contributed by atoms with E-state index in [2.05, 4.69) is 10.3 Å². The highest BCUT2D eigenvalue weighted by Crippen LogP contribution is 2.38. The summed E-state index contributed by atoms with van der Waals surface area (Å²) in [4.78, 5) is 4.27. The van der Waals surface area contributed by atoms with E-state index in [1.165, 1.54) is 23.5 Å². The molecule has 5 nitrogen and oxygen atoms in total. The van der Waals surface area contributed by atoms with Crippen molar-refractivity contribution < 1.29 is 15.3 Å². The highest BCUT2D eigenvalue weighted by atomic mass is 35.5. The summed E-state index contributed by atoms with van der Waals surface area (Å²) in [6.07, 6.45) is 0. The minimum absolute atomic E-state index is 0.232. The van der Waals surface area contributed by atoms with E-state index < -0.39 is 5.75 Å². The molecule has 0 amide bonds. The zero-order valence-electron chi connectivity index (χ0n) is 10.7. The molecule has 1 heterocycles. The molecule has 0 aliphatic rings. The van der Waals surface area contributed by atoms with Crippen molar-refractivity contribution in [1.82, 2.24) is 4.98 Å². The molecule has 0 atom stereocenters. The van der Waals surface area contributed by atoms with Crippen LogP contribution < -0.4 is 5.32 Å². The molecule has 0 radical (unpaired) electrons. The van der Waals surface area contributed by atoms with Crippen molar-refractivity contribution in [3.05, 3.63) is 40.4 Å². The van der Waals surface area contributed by atoms with Crippen LogP contribution in [0.1, 0.15) is 5.56 Å². The van der Waals surface area contributed by atoms with Crippen LogP contribution in [0.2, 0.25) is 5.02 Å². The minimum Gasteiger partial charge on any atom is -0.504 e. The molecule has 0 unspecified atom stereocenters. The van der Waals surface area contributed by atoms with Crippen molar-refractivity contribution in [2.45, 2.75) is 6.54 Å². The zero-order valence-corrected chi connectivity index (χ0v) is 12.2. The van der Waals surface area contributed by atoms with Gasteiger partial charge in [0.15, 0.2) is 11.5 Å². The summed E-state index contributed by atoms with van der Waals surface area (Å²) < 4.78 is 1.000. The highest BCUT2D eigenvalue weighted by Gasteiger charge is 2.13. The van der Waals surface area contributed by atoms with Crippen molar-refractivity contribution in [1.29, 1.82) is 0 Å². The fourth-order valence-electron chi connectivity index (χ4n) is 2.01. The molecule has 21 heavy (non-hydrogen) atoms. The number of halogens is 1. The third-order valence-electron chi connectivity index (χ3n) is 3.12. The lowest BCUT2D eigenvalue weighted by molar-refractivity contribution is 0.365. The van der Waals surface area contributed by atoms with E-state index in [0.29, 0.717) is 16.3 Å². The van der Waals surface area contributed by atoms with Crippen LogP contribution in [-0.2, 0) is 6.54 Å². The standard InChI is InChI=1S/C14H11ClN2O3S/c15-8-2-4-10-12(17-6-21-10)11(8)16-5-7-1-3-9(18)14(20)13(7)19/h1-4,6,16,18-20H,5H2. The molecule has 4 N–H and O–H groups in total. The van der Waals surface area contributed by atoms with Gasteiger partial charge in [0.25, 0.3) is 0 Å². The number of fused-ring (bicyclic) bond motifs is 1. The Bertz CT molecular complexity index is 819. The van der Waals surface area contributed by atoms with E-state index in [9.17, 15) is 15.3 Å². The number of nitrogens with zero attached hydrogens (tertiary/aromatic N) is 1. The molecule has 2 aromatic carbocycles. The summed E-state index contributed by atoms with van der Waals surface area (Å²) >= 11 is 7.68. The summed E-state index contributed by atoms with van der Waals surface area (Å²) in [6.45, 7) is 0.232. The number of aromatic hydroxyl groups is 3. The molecule has 1 aromatic heterocycles. The number of thiazole rings is 1. The quantitative estimate of drug-likeness (QED) is 0.553. The van der Waals surface area contributed by atoms with E-state index in [1.54, 1.807) is 11.6 Å². The fraction of sp³-hybridized carbons (Fsp3) is 0.0714. The molecule has 0 aliphatic carbocycles. The Hall–Kier alpha value is -2.18. The Morgan fingerprint density at radius 2 is 1.90 bits per heavy atom. The third kappa shape index (κ3) is 2.43. The molecule has 3 aromatic rings. The lowest BCUT2D eigenvalue weighted by atomic mass is 10.1. The number of phenolic OH excluding ortho intramolecular Hbond substituents is 3. The maximum Gasteiger partial charge on any atom is 0.200 e. The molecule has 0 saturated heterocycles. The van der Waals surface area contributed by atoms with Gasteiger partial charge in [-0.2, -0.15) is 0 Å². The molecular weight excluding hydrogens is 312 g/mol. The second-order valence-corrected chi connectivity index (χ2v) is 5.71. The van der Waals surface area contributed by atoms with Crippen molar-refractivity contribution >= 4 is 38.8 Å². The molecule has 7 heteroatoms. The first-order chi connectivity index (χ1) is 10.1. The maximum absolute atomic E-state index is 9.80. The number of rotatable bonds is 3. The summed E-state index contributed by atoms with van der Waals surface area (Å²) in [5.74, 6) is -1.26. The number of nitrogens with one attached hydrogen (secondary N) is 1. The molecule has 0 spiro atoms. The van der Waals surface area contributed by atoms with E-state index in [1.807, 2.05) is 6.07 Å². The van der Waals surface area contributed by atoms with Crippen LogP contribution in [0.5, 0.6) is 17.2 Å². The van der Waals surface area contributed by atoms with Crippen molar-refractivity contribution in [3.63, 3.8) is 0 Å². The van der Waals surface area contributed by atoms with Gasteiger partial charge >= 0.3 is 0 Å². The van der Waals surface area contributed by atoms with Crippen LogP contribution in [0.3, 0.4) is 0 Å². The van der Waals surface area contributed by atoms with Gasteiger partial charge in [0.1, 0.15) is 5.52 Å². The van der Waals surface area contributed by atoms with Gasteiger partial charge in [-0.15, -0.1) is 11.3 Å². The lowest BCUT2D eigenvalue weighted by Crippen LogP contribution is -2.01. The summed E-state index contributed by atoms with van der Waals surface area (Å²) in [5, 5.41) is 32.3. The van der Waals surface area contributed by atoms with Gasteiger partial charge in [-0.3, -0.25) is 0 Å². The average molecular weight is 323 g/mol. The summed E-state index contributed by atoms with van der Waals surface area (Å²) in [7, 11) is 0. The van der Waals surface area contributed by atoms with E-state index in [-0.39, 0.29) is 18.0 Å². The summed E-state index contributed by atoms with van der Waals surface area (Å²) in [5.41, 5.74) is 3.60. The van der Waals surface area contributed by atoms with Gasteiger partial charge in [0, 0.05) is 12.1 Å². The smallest absolute Gasteiger partial charge is 0.200 e. The number of phenols is 3. The molecule has 0 saturated carbocycles. The van der Waals surface area contributed by atoms with Gasteiger partial charge in [-0.05, 0) is 24.3 Å². The normalized spacial score (nSPS) is 10.9. The van der Waals surface area contributed by atoms with Gasteiger partial charge in [0.05, 0.1) is 20.9 Å². The Labute approximate surface area is 129 Å². The molecule has 3 rings (SSSR count). The van der Waals surface area contributed by atoms with Gasteiger partial charge in [0.2, 0.25) is 5.75 Å². The van der Waals surface area contributed by atoms with Gasteiger partial charge in [-0.25, -0.2) is 4.98 Å². The first-order valence-corrected chi connectivity index (χ1v) is 7.32. The lowest BCUT2D eigenvalue weighted by Gasteiger charge is -2.11. The fourth-order valence-corrected chi connectivity index (χ4v) is 2.92.